The first-order chi connectivity index (χ1) is 11.7. The van der Waals surface area contributed by atoms with E-state index in [9.17, 15) is 4.79 Å². The van der Waals surface area contributed by atoms with Gasteiger partial charge in [-0.25, -0.2) is 4.98 Å². The van der Waals surface area contributed by atoms with Crippen molar-refractivity contribution in [1.29, 1.82) is 0 Å². The normalized spacial score (nSPS) is 18.0. The third kappa shape index (κ3) is 3.21. The number of nitrogens with zero attached hydrogens (tertiary/aromatic N) is 3. The van der Waals surface area contributed by atoms with Gasteiger partial charge in [-0.15, -0.1) is 0 Å². The predicted molar refractivity (Wildman–Crippen MR) is 92.7 cm³/mol. The molecule has 0 bridgehead atoms. The van der Waals surface area contributed by atoms with Crippen LogP contribution in [-0.4, -0.2) is 39.6 Å². The van der Waals surface area contributed by atoms with Gasteiger partial charge in [0.05, 0.1) is 0 Å². The number of carbonyl (C=O) groups excluding carboxylic acids is 1. The second-order valence-corrected chi connectivity index (χ2v) is 7.23. The molecule has 2 saturated carbocycles. The van der Waals surface area contributed by atoms with Gasteiger partial charge >= 0.3 is 0 Å². The molecule has 1 amide bonds. The molecule has 1 heterocycles. The lowest BCUT2D eigenvalue weighted by Crippen LogP contribution is -2.31. The summed E-state index contributed by atoms with van der Waals surface area (Å²) in [5.74, 6) is 3.04. The lowest BCUT2D eigenvalue weighted by Gasteiger charge is -2.21. The molecule has 2 aliphatic carbocycles. The van der Waals surface area contributed by atoms with E-state index in [2.05, 4.69) is 15.2 Å². The van der Waals surface area contributed by atoms with Crippen LogP contribution in [0, 0.1) is 5.92 Å². The minimum Gasteiger partial charge on any atom is -0.341 e. The molecule has 0 unspecified atom stereocenters. The summed E-state index contributed by atoms with van der Waals surface area (Å²) in [6, 6.07) is 7.65. The van der Waals surface area contributed by atoms with E-state index in [-0.39, 0.29) is 5.91 Å². The summed E-state index contributed by atoms with van der Waals surface area (Å²) in [6.07, 6.45) is 7.53. The fraction of sp³-hybridized carbons (Fsp3) is 0.526. The van der Waals surface area contributed by atoms with Crippen LogP contribution in [0.2, 0.25) is 0 Å². The Morgan fingerprint density at radius 3 is 2.54 bits per heavy atom. The average Bonchev–Trinajstić information content (AvgIpc) is 3.11. The molecule has 1 N–H and O–H groups in total. The summed E-state index contributed by atoms with van der Waals surface area (Å²) >= 11 is 0. The minimum atomic E-state index is 0.0992. The maximum Gasteiger partial charge on any atom is 0.253 e. The molecule has 2 fully saturated rings. The Balaban J connectivity index is 1.43. The van der Waals surface area contributed by atoms with E-state index in [4.69, 9.17) is 0 Å². The molecular formula is C19H24N4O. The van der Waals surface area contributed by atoms with Gasteiger partial charge in [-0.3, -0.25) is 9.89 Å². The van der Waals surface area contributed by atoms with Gasteiger partial charge in [0.1, 0.15) is 5.82 Å². The quantitative estimate of drug-likeness (QED) is 0.914. The number of amides is 1. The third-order valence-electron chi connectivity index (χ3n) is 5.21. The second-order valence-electron chi connectivity index (χ2n) is 7.23. The molecule has 0 saturated heterocycles. The Morgan fingerprint density at radius 2 is 1.88 bits per heavy atom. The molecule has 126 valence electrons. The van der Waals surface area contributed by atoms with Crippen LogP contribution in [0.1, 0.15) is 60.6 Å². The molecule has 5 nitrogen and oxygen atoms in total. The summed E-state index contributed by atoms with van der Waals surface area (Å²) in [6.45, 7) is 0.867. The Bertz CT molecular complexity index is 711. The van der Waals surface area contributed by atoms with Crippen LogP contribution in [0.5, 0.6) is 0 Å². The Hall–Kier alpha value is -2.17. The maximum absolute atomic E-state index is 12.6. The zero-order valence-electron chi connectivity index (χ0n) is 14.2. The van der Waals surface area contributed by atoms with Crippen LogP contribution in [-0.2, 0) is 0 Å². The van der Waals surface area contributed by atoms with E-state index < -0.39 is 0 Å². The standard InChI is InChI=1S/C19H24N4O/c1-23(12-13-4-2-3-5-13)19(24)16-10-8-15(9-11-16)18-20-17(21-22-18)14-6-7-14/h8-11,13-14H,2-7,12H2,1H3,(H,20,21,22). The molecule has 1 aromatic carbocycles. The van der Waals surface area contributed by atoms with E-state index in [1.165, 1.54) is 38.5 Å². The van der Waals surface area contributed by atoms with Crippen molar-refractivity contribution >= 4 is 5.91 Å². The first kappa shape index (κ1) is 15.4. The number of aromatic nitrogens is 3. The lowest BCUT2D eigenvalue weighted by molar-refractivity contribution is 0.0773. The number of carbonyl (C=O) groups is 1. The van der Waals surface area contributed by atoms with Gasteiger partial charge in [0.2, 0.25) is 0 Å². The van der Waals surface area contributed by atoms with Gasteiger partial charge in [-0.05, 0) is 43.7 Å². The summed E-state index contributed by atoms with van der Waals surface area (Å²) < 4.78 is 0. The highest BCUT2D eigenvalue weighted by molar-refractivity contribution is 5.94. The van der Waals surface area contributed by atoms with Crippen LogP contribution in [0.4, 0.5) is 0 Å². The van der Waals surface area contributed by atoms with Crippen molar-refractivity contribution in [2.24, 2.45) is 5.92 Å². The van der Waals surface area contributed by atoms with Gasteiger partial charge in [0.25, 0.3) is 5.91 Å². The molecule has 0 radical (unpaired) electrons. The molecule has 5 heteroatoms. The van der Waals surface area contributed by atoms with Gasteiger partial charge in [-0.2, -0.15) is 5.10 Å². The third-order valence-corrected chi connectivity index (χ3v) is 5.21. The zero-order chi connectivity index (χ0) is 16.5. The van der Waals surface area contributed by atoms with Crippen molar-refractivity contribution in [2.75, 3.05) is 13.6 Å². The topological polar surface area (TPSA) is 61.9 Å². The van der Waals surface area contributed by atoms with E-state index in [1.54, 1.807) is 0 Å². The van der Waals surface area contributed by atoms with Crippen molar-refractivity contribution in [1.82, 2.24) is 20.1 Å². The fourth-order valence-electron chi connectivity index (χ4n) is 3.59. The van der Waals surface area contributed by atoms with Crippen molar-refractivity contribution in [3.63, 3.8) is 0 Å². The fourth-order valence-corrected chi connectivity index (χ4v) is 3.59. The summed E-state index contributed by atoms with van der Waals surface area (Å²) in [5, 5.41) is 7.32. The summed E-state index contributed by atoms with van der Waals surface area (Å²) in [5.41, 5.74) is 1.69. The highest BCUT2D eigenvalue weighted by atomic mass is 16.2. The van der Waals surface area contributed by atoms with Crippen LogP contribution in [0.15, 0.2) is 24.3 Å². The molecule has 24 heavy (non-hydrogen) atoms. The maximum atomic E-state index is 12.6. The van der Waals surface area contributed by atoms with Gasteiger partial charge in [0.15, 0.2) is 5.82 Å². The van der Waals surface area contributed by atoms with E-state index in [0.717, 1.165) is 29.3 Å². The summed E-state index contributed by atoms with van der Waals surface area (Å²) in [7, 11) is 1.91. The number of benzene rings is 1. The number of hydrogen-bond acceptors (Lipinski definition) is 3. The van der Waals surface area contributed by atoms with Crippen LogP contribution >= 0.6 is 0 Å². The van der Waals surface area contributed by atoms with E-state index >= 15 is 0 Å². The Morgan fingerprint density at radius 1 is 1.17 bits per heavy atom. The van der Waals surface area contributed by atoms with Crippen LogP contribution < -0.4 is 0 Å². The minimum absolute atomic E-state index is 0.0992. The van der Waals surface area contributed by atoms with Crippen molar-refractivity contribution < 1.29 is 4.79 Å². The van der Waals surface area contributed by atoms with Gasteiger partial charge < -0.3 is 4.90 Å². The molecule has 0 atom stereocenters. The lowest BCUT2D eigenvalue weighted by atomic mass is 10.1. The molecule has 1 aromatic heterocycles. The molecule has 4 rings (SSSR count). The van der Waals surface area contributed by atoms with E-state index in [1.807, 2.05) is 36.2 Å². The molecule has 0 aliphatic heterocycles. The molecule has 2 aliphatic rings. The van der Waals surface area contributed by atoms with Crippen LogP contribution in [0.25, 0.3) is 11.4 Å². The summed E-state index contributed by atoms with van der Waals surface area (Å²) in [4.78, 5) is 19.0. The SMILES string of the molecule is CN(CC1CCCC1)C(=O)c1ccc(-c2n[nH]c(C3CC3)n2)cc1. The number of H-pyrrole nitrogens is 1. The molecule has 0 spiro atoms. The smallest absolute Gasteiger partial charge is 0.253 e. The van der Waals surface area contributed by atoms with Gasteiger partial charge in [0, 0.05) is 30.6 Å². The van der Waals surface area contributed by atoms with Crippen LogP contribution in [0.3, 0.4) is 0 Å². The second kappa shape index (κ2) is 6.38. The van der Waals surface area contributed by atoms with Crippen molar-refractivity contribution in [3.05, 3.63) is 35.7 Å². The Labute approximate surface area is 142 Å². The Kier molecular flexibility index (Phi) is 4.08. The monoisotopic (exact) mass is 324 g/mol. The first-order valence-corrected chi connectivity index (χ1v) is 8.99. The first-order valence-electron chi connectivity index (χ1n) is 8.99. The average molecular weight is 324 g/mol. The van der Waals surface area contributed by atoms with Crippen molar-refractivity contribution in [2.45, 2.75) is 44.4 Å². The highest BCUT2D eigenvalue weighted by Gasteiger charge is 2.27. The number of nitrogens with one attached hydrogen (secondary N) is 1. The number of aromatic amines is 1. The van der Waals surface area contributed by atoms with E-state index in [0.29, 0.717) is 11.8 Å². The van der Waals surface area contributed by atoms with Crippen molar-refractivity contribution in [3.8, 4) is 11.4 Å². The number of rotatable bonds is 5. The zero-order valence-corrected chi connectivity index (χ0v) is 14.2. The largest absolute Gasteiger partial charge is 0.341 e. The highest BCUT2D eigenvalue weighted by Crippen LogP contribution is 2.38. The molecule has 2 aromatic rings. The number of hydrogen-bond donors (Lipinski definition) is 1. The van der Waals surface area contributed by atoms with Gasteiger partial charge in [-0.1, -0.05) is 25.0 Å². The predicted octanol–water partition coefficient (Wildman–Crippen LogP) is 3.61. The molecular weight excluding hydrogens is 300 g/mol.